The minimum Gasteiger partial charge on any atom is -0.511 e. The van der Waals surface area contributed by atoms with Gasteiger partial charge in [-0.2, -0.15) is 0 Å². The van der Waals surface area contributed by atoms with E-state index in [-0.39, 0.29) is 28.0 Å². The summed E-state index contributed by atoms with van der Waals surface area (Å²) < 4.78 is 0. The molecule has 1 N–H and O–H groups in total. The van der Waals surface area contributed by atoms with Gasteiger partial charge in [0.05, 0.1) is 0 Å². The summed E-state index contributed by atoms with van der Waals surface area (Å²) in [7, 11) is 0. The fourth-order valence-electron chi connectivity index (χ4n) is 2.39. The Morgan fingerprint density at radius 2 is 2.05 bits per heavy atom. The Morgan fingerprint density at radius 3 is 2.57 bits per heavy atom. The number of nitroso groups, excluding NO2 is 1. The number of aliphatic hydroxyl groups excluding tert-OH is 1. The van der Waals surface area contributed by atoms with Gasteiger partial charge in [-0.05, 0) is 42.6 Å². The van der Waals surface area contributed by atoms with Gasteiger partial charge in [-0.15, -0.1) is 4.91 Å². The summed E-state index contributed by atoms with van der Waals surface area (Å²) in [6.45, 7) is 9.45. The van der Waals surface area contributed by atoms with Crippen LogP contribution in [-0.4, -0.2) is 5.11 Å². The number of hydrogen-bond acceptors (Lipinski definition) is 4. The highest BCUT2D eigenvalue weighted by atomic mass is 16.3. The van der Waals surface area contributed by atoms with Gasteiger partial charge in [0.1, 0.15) is 11.4 Å². The second-order valence-corrected chi connectivity index (χ2v) is 5.34. The molecule has 0 aliphatic rings. The van der Waals surface area contributed by atoms with Gasteiger partial charge in [-0.1, -0.05) is 33.3 Å². The van der Waals surface area contributed by atoms with Crippen LogP contribution in [0.4, 0.5) is 5.69 Å². The van der Waals surface area contributed by atoms with Crippen molar-refractivity contribution in [1.29, 1.82) is 0 Å². The fraction of sp³-hybridized carbons (Fsp3) is 0.471. The van der Waals surface area contributed by atoms with Crippen molar-refractivity contribution in [2.24, 2.45) is 11.1 Å². The highest BCUT2D eigenvalue weighted by molar-refractivity contribution is 5.47. The van der Waals surface area contributed by atoms with Gasteiger partial charge < -0.3 is 5.11 Å². The van der Waals surface area contributed by atoms with Crippen molar-refractivity contribution in [1.82, 2.24) is 0 Å². The van der Waals surface area contributed by atoms with Crippen LogP contribution < -0.4 is 15.9 Å². The molecule has 0 bridgehead atoms. The molecule has 0 aliphatic carbocycles. The molecule has 114 valence electrons. The minimum atomic E-state index is -0.345. The summed E-state index contributed by atoms with van der Waals surface area (Å²) >= 11 is 0. The van der Waals surface area contributed by atoms with E-state index in [1.807, 2.05) is 6.92 Å². The molecule has 0 aromatic heterocycles. The average molecular weight is 289 g/mol. The molecule has 0 saturated carbocycles. The SMILES string of the molecule is C=c1c(N=O)cc(=C(O)C(CC)CCCC)c(C)cc1=O. The lowest BCUT2D eigenvalue weighted by Crippen LogP contribution is -2.19. The molecule has 21 heavy (non-hydrogen) atoms. The van der Waals surface area contributed by atoms with E-state index in [9.17, 15) is 14.8 Å². The Morgan fingerprint density at radius 1 is 1.38 bits per heavy atom. The van der Waals surface area contributed by atoms with Gasteiger partial charge in [0, 0.05) is 16.4 Å². The lowest BCUT2D eigenvalue weighted by atomic mass is 9.95. The third-order valence-corrected chi connectivity index (χ3v) is 3.82. The molecular weight excluding hydrogens is 266 g/mol. The summed E-state index contributed by atoms with van der Waals surface area (Å²) in [5.74, 6) is 0.247. The van der Waals surface area contributed by atoms with Crippen LogP contribution >= 0.6 is 0 Å². The maximum absolute atomic E-state index is 11.9. The molecule has 4 nitrogen and oxygen atoms in total. The number of unbranched alkanes of at least 4 members (excludes halogenated alkanes) is 1. The molecule has 0 heterocycles. The number of nitrogens with zero attached hydrogens (tertiary/aromatic N) is 1. The van der Waals surface area contributed by atoms with Crippen LogP contribution in [0.2, 0.25) is 0 Å². The number of rotatable bonds is 6. The molecule has 0 radical (unpaired) electrons. The van der Waals surface area contributed by atoms with E-state index in [0.29, 0.717) is 10.8 Å². The van der Waals surface area contributed by atoms with Gasteiger partial charge in [0.25, 0.3) is 0 Å². The van der Waals surface area contributed by atoms with Gasteiger partial charge in [-0.25, -0.2) is 0 Å². The second kappa shape index (κ2) is 7.72. The molecule has 1 aromatic carbocycles. The molecule has 1 atom stereocenters. The van der Waals surface area contributed by atoms with Crippen molar-refractivity contribution in [3.05, 3.63) is 43.3 Å². The molecule has 0 amide bonds. The third kappa shape index (κ3) is 4.00. The summed E-state index contributed by atoms with van der Waals surface area (Å²) in [4.78, 5) is 22.7. The van der Waals surface area contributed by atoms with E-state index in [4.69, 9.17) is 0 Å². The lowest BCUT2D eigenvalue weighted by molar-refractivity contribution is 0.394. The van der Waals surface area contributed by atoms with E-state index in [1.165, 1.54) is 12.1 Å². The van der Waals surface area contributed by atoms with Crippen LogP contribution in [0.3, 0.4) is 0 Å². The average Bonchev–Trinajstić information content (AvgIpc) is 2.57. The lowest BCUT2D eigenvalue weighted by Gasteiger charge is -2.14. The van der Waals surface area contributed by atoms with Crippen molar-refractivity contribution in [2.75, 3.05) is 0 Å². The standard InChI is InChI=1S/C17H23NO3/c1-5-7-8-13(6-2)17(20)14-10-15(18-21)12(4)16(19)9-11(14)3/h9-10,13,20H,4-8H2,1-3H3. The maximum Gasteiger partial charge on any atom is 0.187 e. The van der Waals surface area contributed by atoms with E-state index in [1.54, 1.807) is 6.92 Å². The van der Waals surface area contributed by atoms with E-state index in [2.05, 4.69) is 18.7 Å². The summed E-state index contributed by atoms with van der Waals surface area (Å²) in [6, 6.07) is 2.87. The zero-order valence-corrected chi connectivity index (χ0v) is 13.0. The first-order valence-electron chi connectivity index (χ1n) is 7.36. The smallest absolute Gasteiger partial charge is 0.187 e. The van der Waals surface area contributed by atoms with Crippen molar-refractivity contribution in [3.8, 4) is 0 Å². The van der Waals surface area contributed by atoms with E-state index >= 15 is 0 Å². The number of aryl methyl sites for hydroxylation is 1. The first-order chi connectivity index (χ1) is 9.96. The largest absolute Gasteiger partial charge is 0.511 e. The highest BCUT2D eigenvalue weighted by Crippen LogP contribution is 2.20. The third-order valence-electron chi connectivity index (χ3n) is 3.82. The topological polar surface area (TPSA) is 66.7 Å². The predicted octanol–water partition coefficient (Wildman–Crippen LogP) is 3.05. The minimum absolute atomic E-state index is 0.0139. The van der Waals surface area contributed by atoms with E-state index < -0.39 is 0 Å². The molecule has 0 spiro atoms. The summed E-state index contributed by atoms with van der Waals surface area (Å²) in [6.07, 6.45) is 3.75. The molecule has 1 aromatic rings. The van der Waals surface area contributed by atoms with Crippen molar-refractivity contribution in [2.45, 2.75) is 46.5 Å². The van der Waals surface area contributed by atoms with Crippen LogP contribution in [0.25, 0.3) is 12.3 Å². The molecule has 0 aliphatic heterocycles. The monoisotopic (exact) mass is 289 g/mol. The maximum atomic E-state index is 11.9. The Kier molecular flexibility index (Phi) is 6.28. The van der Waals surface area contributed by atoms with E-state index in [0.717, 1.165) is 25.7 Å². The first-order valence-corrected chi connectivity index (χ1v) is 7.36. The quantitative estimate of drug-likeness (QED) is 0.818. The van der Waals surface area contributed by atoms with Crippen molar-refractivity contribution in [3.63, 3.8) is 0 Å². The molecule has 4 heteroatoms. The normalized spacial score (nSPS) is 13.7. The molecule has 0 saturated heterocycles. The fourth-order valence-corrected chi connectivity index (χ4v) is 2.39. The molecule has 0 fully saturated rings. The zero-order chi connectivity index (χ0) is 16.0. The van der Waals surface area contributed by atoms with Gasteiger partial charge in [0.2, 0.25) is 0 Å². The summed E-state index contributed by atoms with van der Waals surface area (Å²) in [5, 5.41) is 14.0. The Hall–Kier alpha value is -1.97. The Balaban J connectivity index is 3.64. The predicted molar refractivity (Wildman–Crippen MR) is 87.0 cm³/mol. The molecular formula is C17H23NO3. The summed E-state index contributed by atoms with van der Waals surface area (Å²) in [5.41, 5.74) is 0.273. The van der Waals surface area contributed by atoms with Gasteiger partial charge in [-0.3, -0.25) is 4.79 Å². The number of aliphatic hydroxyl groups is 1. The van der Waals surface area contributed by atoms with Gasteiger partial charge in [0.15, 0.2) is 5.43 Å². The van der Waals surface area contributed by atoms with Crippen LogP contribution in [-0.2, 0) is 0 Å². The Bertz CT molecular complexity index is 680. The highest BCUT2D eigenvalue weighted by Gasteiger charge is 2.13. The van der Waals surface area contributed by atoms with Crippen molar-refractivity contribution >= 4 is 18.0 Å². The van der Waals surface area contributed by atoms with Crippen LogP contribution in [0.5, 0.6) is 0 Å². The number of hydrogen-bond donors (Lipinski definition) is 1. The van der Waals surface area contributed by atoms with Gasteiger partial charge >= 0.3 is 0 Å². The zero-order valence-electron chi connectivity index (χ0n) is 13.0. The van der Waals surface area contributed by atoms with Crippen LogP contribution in [0, 0.1) is 17.7 Å². The first kappa shape index (κ1) is 17.1. The molecule has 1 unspecified atom stereocenters. The second-order valence-electron chi connectivity index (χ2n) is 5.34. The van der Waals surface area contributed by atoms with Crippen molar-refractivity contribution < 1.29 is 5.11 Å². The molecule has 1 rings (SSSR count). The van der Waals surface area contributed by atoms with Crippen LogP contribution in [0.1, 0.15) is 45.1 Å². The van der Waals surface area contributed by atoms with Crippen LogP contribution in [0.15, 0.2) is 22.1 Å². The Labute approximate surface area is 124 Å².